The van der Waals surface area contributed by atoms with Crippen LogP contribution in [0.5, 0.6) is 0 Å². The van der Waals surface area contributed by atoms with Crippen LogP contribution < -0.4 is 5.43 Å². The van der Waals surface area contributed by atoms with Gasteiger partial charge in [0.15, 0.2) is 0 Å². The zero-order chi connectivity index (χ0) is 11.4. The molecule has 0 radical (unpaired) electrons. The molecule has 2 rings (SSSR count). The fourth-order valence-electron chi connectivity index (χ4n) is 2.38. The van der Waals surface area contributed by atoms with Gasteiger partial charge in [-0.3, -0.25) is 0 Å². The van der Waals surface area contributed by atoms with Gasteiger partial charge in [0, 0.05) is 18.8 Å². The number of hydrogen-bond donors (Lipinski definition) is 1. The Kier molecular flexibility index (Phi) is 3.83. The van der Waals surface area contributed by atoms with Crippen molar-refractivity contribution in [2.75, 3.05) is 13.2 Å². The first-order chi connectivity index (χ1) is 7.81. The number of esters is 1. The van der Waals surface area contributed by atoms with E-state index in [2.05, 4.69) is 10.4 Å². The van der Waals surface area contributed by atoms with Gasteiger partial charge in [0.05, 0.1) is 12.2 Å². The number of hydrazine groups is 1. The average Bonchev–Trinajstić information content (AvgIpc) is 2.80. The third-order valence-electron chi connectivity index (χ3n) is 3.25. The Hall–Kier alpha value is -1.03. The van der Waals surface area contributed by atoms with Crippen molar-refractivity contribution in [3.05, 3.63) is 11.8 Å². The summed E-state index contributed by atoms with van der Waals surface area (Å²) in [4.78, 5) is 11.5. The number of ether oxygens (including phenoxy) is 1. The van der Waals surface area contributed by atoms with E-state index in [-0.39, 0.29) is 5.97 Å². The van der Waals surface area contributed by atoms with E-state index in [9.17, 15) is 4.79 Å². The van der Waals surface area contributed by atoms with Crippen LogP contribution in [0.2, 0.25) is 0 Å². The van der Waals surface area contributed by atoms with Gasteiger partial charge < -0.3 is 9.75 Å². The van der Waals surface area contributed by atoms with Gasteiger partial charge >= 0.3 is 5.97 Å². The number of nitrogens with one attached hydrogen (secondary N) is 1. The minimum Gasteiger partial charge on any atom is -0.463 e. The number of rotatable bonds is 3. The molecule has 90 valence electrons. The summed E-state index contributed by atoms with van der Waals surface area (Å²) >= 11 is 0. The molecular formula is C12H20N2O2. The molecule has 2 aliphatic rings. The molecule has 1 N–H and O–H groups in total. The van der Waals surface area contributed by atoms with E-state index in [1.54, 1.807) is 0 Å². The quantitative estimate of drug-likeness (QED) is 0.739. The van der Waals surface area contributed by atoms with E-state index in [4.69, 9.17) is 4.74 Å². The molecule has 1 saturated carbocycles. The van der Waals surface area contributed by atoms with E-state index in [1.165, 1.54) is 32.1 Å². The summed E-state index contributed by atoms with van der Waals surface area (Å²) < 4.78 is 4.99. The minimum atomic E-state index is -0.187. The smallest absolute Gasteiger partial charge is 0.336 e. The average molecular weight is 224 g/mol. The molecule has 4 nitrogen and oxygen atoms in total. The molecule has 16 heavy (non-hydrogen) atoms. The second-order valence-corrected chi connectivity index (χ2v) is 4.41. The fourth-order valence-corrected chi connectivity index (χ4v) is 2.38. The van der Waals surface area contributed by atoms with Gasteiger partial charge in [-0.1, -0.05) is 19.3 Å². The van der Waals surface area contributed by atoms with Crippen molar-refractivity contribution in [3.63, 3.8) is 0 Å². The van der Waals surface area contributed by atoms with Crippen LogP contribution in [-0.4, -0.2) is 30.2 Å². The van der Waals surface area contributed by atoms with E-state index in [0.29, 0.717) is 19.2 Å². The van der Waals surface area contributed by atoms with Gasteiger partial charge in [-0.05, 0) is 19.8 Å². The van der Waals surface area contributed by atoms with E-state index < -0.39 is 0 Å². The standard InChI is InChI=1S/C12H20N2O2/c1-2-16-12(15)10-8-13-14(9-10)11-6-4-3-5-7-11/h9,11,13H,2-8H2,1H3. The Morgan fingerprint density at radius 1 is 1.50 bits per heavy atom. The molecule has 0 saturated heterocycles. The largest absolute Gasteiger partial charge is 0.463 e. The first-order valence-electron chi connectivity index (χ1n) is 6.21. The molecule has 0 aromatic heterocycles. The molecule has 0 atom stereocenters. The van der Waals surface area contributed by atoms with Crippen molar-refractivity contribution in [1.29, 1.82) is 0 Å². The Bertz CT molecular complexity index is 283. The lowest BCUT2D eigenvalue weighted by Gasteiger charge is -2.30. The van der Waals surface area contributed by atoms with Gasteiger partial charge in [-0.2, -0.15) is 0 Å². The van der Waals surface area contributed by atoms with Gasteiger partial charge in [0.25, 0.3) is 0 Å². The highest BCUT2D eigenvalue weighted by Gasteiger charge is 2.25. The summed E-state index contributed by atoms with van der Waals surface area (Å²) in [6, 6.07) is 0.556. The second kappa shape index (κ2) is 5.34. The highest BCUT2D eigenvalue weighted by Crippen LogP contribution is 2.23. The lowest BCUT2D eigenvalue weighted by Crippen LogP contribution is -2.39. The van der Waals surface area contributed by atoms with Crippen molar-refractivity contribution in [1.82, 2.24) is 10.4 Å². The third kappa shape index (κ3) is 2.55. The molecule has 1 heterocycles. The summed E-state index contributed by atoms with van der Waals surface area (Å²) in [5.41, 5.74) is 4.00. The third-order valence-corrected chi connectivity index (χ3v) is 3.25. The SMILES string of the molecule is CCOC(=O)C1=CN(C2CCCCC2)NC1. The van der Waals surface area contributed by atoms with Crippen molar-refractivity contribution in [2.24, 2.45) is 0 Å². The maximum absolute atomic E-state index is 11.5. The van der Waals surface area contributed by atoms with E-state index >= 15 is 0 Å². The van der Waals surface area contributed by atoms with E-state index in [1.807, 2.05) is 13.1 Å². The van der Waals surface area contributed by atoms with Crippen molar-refractivity contribution in [2.45, 2.75) is 45.1 Å². The first kappa shape index (κ1) is 11.5. The Morgan fingerprint density at radius 3 is 2.94 bits per heavy atom. The number of carbonyl (C=O) groups is 1. The molecule has 4 heteroatoms. The number of nitrogens with zero attached hydrogens (tertiary/aromatic N) is 1. The van der Waals surface area contributed by atoms with Crippen LogP contribution in [-0.2, 0) is 9.53 Å². The van der Waals surface area contributed by atoms with Crippen LogP contribution in [0.25, 0.3) is 0 Å². The molecule has 0 amide bonds. The molecule has 0 spiro atoms. The fraction of sp³-hybridized carbons (Fsp3) is 0.750. The second-order valence-electron chi connectivity index (χ2n) is 4.41. The molecule has 0 bridgehead atoms. The molecular weight excluding hydrogens is 204 g/mol. The Morgan fingerprint density at radius 2 is 2.25 bits per heavy atom. The van der Waals surface area contributed by atoms with Crippen LogP contribution in [0.4, 0.5) is 0 Å². The monoisotopic (exact) mass is 224 g/mol. The predicted octanol–water partition coefficient (Wildman–Crippen LogP) is 1.59. The number of carbonyl (C=O) groups excluding carboxylic acids is 1. The highest BCUT2D eigenvalue weighted by atomic mass is 16.5. The van der Waals surface area contributed by atoms with Crippen LogP contribution in [0.1, 0.15) is 39.0 Å². The van der Waals surface area contributed by atoms with Crippen LogP contribution in [0.3, 0.4) is 0 Å². The zero-order valence-electron chi connectivity index (χ0n) is 9.87. The highest BCUT2D eigenvalue weighted by molar-refractivity contribution is 5.89. The molecule has 1 aliphatic heterocycles. The molecule has 0 aromatic carbocycles. The Balaban J connectivity index is 1.91. The zero-order valence-corrected chi connectivity index (χ0v) is 9.87. The maximum atomic E-state index is 11.5. The topological polar surface area (TPSA) is 41.6 Å². The normalized spacial score (nSPS) is 22.1. The lowest BCUT2D eigenvalue weighted by molar-refractivity contribution is -0.138. The van der Waals surface area contributed by atoms with Crippen molar-refractivity contribution < 1.29 is 9.53 Å². The van der Waals surface area contributed by atoms with Gasteiger partial charge in [0.1, 0.15) is 0 Å². The summed E-state index contributed by atoms with van der Waals surface area (Å²) in [6.07, 6.45) is 8.31. The summed E-state index contributed by atoms with van der Waals surface area (Å²) in [7, 11) is 0. The molecule has 0 aromatic rings. The molecule has 1 fully saturated rings. The summed E-state index contributed by atoms with van der Waals surface area (Å²) in [5.74, 6) is -0.187. The van der Waals surface area contributed by atoms with Gasteiger partial charge in [-0.25, -0.2) is 10.2 Å². The summed E-state index contributed by atoms with van der Waals surface area (Å²) in [6.45, 7) is 2.88. The van der Waals surface area contributed by atoms with Crippen LogP contribution in [0, 0.1) is 0 Å². The number of hydrogen-bond acceptors (Lipinski definition) is 4. The van der Waals surface area contributed by atoms with Crippen LogP contribution >= 0.6 is 0 Å². The molecule has 1 aliphatic carbocycles. The predicted molar refractivity (Wildman–Crippen MR) is 61.4 cm³/mol. The minimum absolute atomic E-state index is 0.187. The van der Waals surface area contributed by atoms with Gasteiger partial charge in [-0.15, -0.1) is 0 Å². The van der Waals surface area contributed by atoms with Crippen molar-refractivity contribution >= 4 is 5.97 Å². The van der Waals surface area contributed by atoms with Crippen LogP contribution in [0.15, 0.2) is 11.8 Å². The lowest BCUT2D eigenvalue weighted by atomic mass is 9.95. The Labute approximate surface area is 96.6 Å². The molecule has 0 unspecified atom stereocenters. The maximum Gasteiger partial charge on any atom is 0.336 e. The van der Waals surface area contributed by atoms with E-state index in [0.717, 1.165) is 5.57 Å². The summed E-state index contributed by atoms with van der Waals surface area (Å²) in [5, 5.41) is 2.10. The van der Waals surface area contributed by atoms with Gasteiger partial charge in [0.2, 0.25) is 0 Å². The first-order valence-corrected chi connectivity index (χ1v) is 6.21. The van der Waals surface area contributed by atoms with Crippen molar-refractivity contribution in [3.8, 4) is 0 Å².